The first-order valence-corrected chi connectivity index (χ1v) is 12.7. The second-order valence-corrected chi connectivity index (χ2v) is 10.4. The molecule has 1 saturated carbocycles. The molecule has 2 aromatic carbocycles. The highest BCUT2D eigenvalue weighted by Gasteiger charge is 2.31. The first-order chi connectivity index (χ1) is 18.1. The predicted octanol–water partition coefficient (Wildman–Crippen LogP) is 4.55. The van der Waals surface area contributed by atoms with Gasteiger partial charge in [0, 0.05) is 36.6 Å². The Balaban J connectivity index is 1.53. The number of amides is 1. The van der Waals surface area contributed by atoms with Crippen LogP contribution in [0.15, 0.2) is 52.3 Å². The van der Waals surface area contributed by atoms with Crippen LogP contribution in [0.3, 0.4) is 0 Å². The third kappa shape index (κ3) is 4.90. The number of hydrogen-bond donors (Lipinski definition) is 2. The maximum Gasteiger partial charge on any atom is 0.276 e. The van der Waals surface area contributed by atoms with Gasteiger partial charge in [-0.15, -0.1) is 0 Å². The molecule has 198 valence electrons. The summed E-state index contributed by atoms with van der Waals surface area (Å²) in [4.78, 5) is 32.7. The Hall–Kier alpha value is -4.08. The molecule has 0 radical (unpaired) electrons. The lowest BCUT2D eigenvalue weighted by Crippen LogP contribution is -2.31. The van der Waals surface area contributed by atoms with Crippen molar-refractivity contribution in [2.75, 3.05) is 29.0 Å². The second kappa shape index (κ2) is 10.00. The molecule has 1 amide bonds. The molecule has 0 bridgehead atoms. The Morgan fingerprint density at radius 3 is 2.53 bits per heavy atom. The van der Waals surface area contributed by atoms with Gasteiger partial charge >= 0.3 is 0 Å². The fourth-order valence-corrected chi connectivity index (χ4v) is 4.95. The van der Waals surface area contributed by atoms with Crippen LogP contribution in [-0.4, -0.2) is 40.5 Å². The summed E-state index contributed by atoms with van der Waals surface area (Å²) in [5.74, 6) is -2.10. The van der Waals surface area contributed by atoms with Gasteiger partial charge in [0.05, 0.1) is 16.9 Å². The van der Waals surface area contributed by atoms with Gasteiger partial charge in [-0.05, 0) is 68.9 Å². The van der Waals surface area contributed by atoms with Crippen LogP contribution in [0.2, 0.25) is 0 Å². The van der Waals surface area contributed by atoms with Gasteiger partial charge in [-0.2, -0.15) is 9.78 Å². The number of anilines is 3. The third-order valence-corrected chi connectivity index (χ3v) is 7.36. The number of nitrogen functional groups attached to an aromatic ring is 1. The normalized spacial score (nSPS) is 18.5. The largest absolute Gasteiger partial charge is 0.398 e. The number of rotatable bonds is 6. The second-order valence-electron chi connectivity index (χ2n) is 10.4. The van der Waals surface area contributed by atoms with Gasteiger partial charge in [0.1, 0.15) is 11.4 Å². The topological polar surface area (TPSA) is 106 Å². The van der Waals surface area contributed by atoms with E-state index in [1.54, 1.807) is 12.1 Å². The van der Waals surface area contributed by atoms with Crippen molar-refractivity contribution in [1.82, 2.24) is 9.78 Å². The Labute approximate surface area is 219 Å². The first-order valence-electron chi connectivity index (χ1n) is 12.7. The van der Waals surface area contributed by atoms with Crippen molar-refractivity contribution < 1.29 is 13.6 Å². The minimum absolute atomic E-state index is 0.110. The SMILES string of the molecule is CC1CCN(c2c(NC(=O)c3ccc(=O)n(-c4c(F)cccc4F)n3)ccc(N)c2C=NC2(C)CCC2)C1. The van der Waals surface area contributed by atoms with Gasteiger partial charge in [0.15, 0.2) is 11.6 Å². The molecule has 0 spiro atoms. The standard InChI is InChI=1S/C28H30F2N6O2/c1-17-11-14-35(16-17)25-18(15-32-28(2)12-4-13-28)21(31)7-8-22(25)33-27(38)23-9-10-24(37)36(34-23)26-19(29)5-3-6-20(26)30/h3,5-10,15,17H,4,11-14,16,31H2,1-2H3,(H,33,38). The lowest BCUT2D eigenvalue weighted by molar-refractivity contribution is 0.102. The number of carbonyl (C=O) groups excluding carboxylic acids is 1. The molecule has 8 nitrogen and oxygen atoms in total. The predicted molar refractivity (Wildman–Crippen MR) is 144 cm³/mol. The molecule has 3 N–H and O–H groups in total. The summed E-state index contributed by atoms with van der Waals surface area (Å²) >= 11 is 0. The lowest BCUT2D eigenvalue weighted by atomic mass is 9.79. The van der Waals surface area contributed by atoms with Crippen LogP contribution in [0.1, 0.15) is 55.6 Å². The van der Waals surface area contributed by atoms with Gasteiger partial charge in [-0.1, -0.05) is 13.0 Å². The minimum atomic E-state index is -0.967. The molecule has 10 heteroatoms. The molecule has 2 aliphatic rings. The Kier molecular flexibility index (Phi) is 6.73. The highest BCUT2D eigenvalue weighted by atomic mass is 19.1. The number of aromatic nitrogens is 2. The van der Waals surface area contributed by atoms with Gasteiger partial charge in [-0.3, -0.25) is 14.6 Å². The first kappa shape index (κ1) is 25.6. The van der Waals surface area contributed by atoms with Crippen LogP contribution in [-0.2, 0) is 0 Å². The summed E-state index contributed by atoms with van der Waals surface area (Å²) in [7, 11) is 0. The van der Waals surface area contributed by atoms with Crippen molar-refractivity contribution in [3.63, 3.8) is 0 Å². The summed E-state index contributed by atoms with van der Waals surface area (Å²) in [6.45, 7) is 5.87. The van der Waals surface area contributed by atoms with E-state index in [4.69, 9.17) is 10.7 Å². The molecule has 3 aromatic rings. The van der Waals surface area contributed by atoms with Gasteiger partial charge < -0.3 is 16.0 Å². The monoisotopic (exact) mass is 520 g/mol. The van der Waals surface area contributed by atoms with Crippen LogP contribution < -0.4 is 21.5 Å². The smallest absolute Gasteiger partial charge is 0.276 e. The summed E-state index contributed by atoms with van der Waals surface area (Å²) in [5, 5.41) is 6.85. The molecule has 2 heterocycles. The zero-order chi connectivity index (χ0) is 27.0. The van der Waals surface area contributed by atoms with Crippen LogP contribution in [0.5, 0.6) is 0 Å². The molecule has 1 unspecified atom stereocenters. The molecule has 1 atom stereocenters. The van der Waals surface area contributed by atoms with Gasteiger partial charge in [-0.25, -0.2) is 8.78 Å². The van der Waals surface area contributed by atoms with E-state index in [-0.39, 0.29) is 11.2 Å². The molecule has 1 aliphatic heterocycles. The van der Waals surface area contributed by atoms with Crippen molar-refractivity contribution in [3.05, 3.63) is 75.7 Å². The van der Waals surface area contributed by atoms with E-state index in [0.717, 1.165) is 68.2 Å². The number of halogens is 2. The number of hydrogen-bond acceptors (Lipinski definition) is 6. The van der Waals surface area contributed by atoms with Crippen molar-refractivity contribution in [2.45, 2.75) is 45.1 Å². The molecule has 1 saturated heterocycles. The lowest BCUT2D eigenvalue weighted by Gasteiger charge is -2.34. The van der Waals surface area contributed by atoms with Gasteiger partial charge in [0.2, 0.25) is 0 Å². The van der Waals surface area contributed by atoms with E-state index in [0.29, 0.717) is 22.0 Å². The summed E-state index contributed by atoms with van der Waals surface area (Å²) < 4.78 is 29.3. The number of carbonyl (C=O) groups is 1. The molecular weight excluding hydrogens is 490 g/mol. The van der Waals surface area contributed by atoms with E-state index in [9.17, 15) is 18.4 Å². The van der Waals surface area contributed by atoms with Crippen LogP contribution in [0.4, 0.5) is 25.8 Å². The average molecular weight is 521 g/mol. The quantitative estimate of drug-likeness (QED) is 0.366. The fourth-order valence-electron chi connectivity index (χ4n) is 4.95. The molecule has 1 aliphatic carbocycles. The number of nitrogens with two attached hydrogens (primary N) is 1. The minimum Gasteiger partial charge on any atom is -0.398 e. The van der Waals surface area contributed by atoms with Crippen LogP contribution >= 0.6 is 0 Å². The van der Waals surface area contributed by atoms with Crippen molar-refractivity contribution in [3.8, 4) is 5.69 Å². The Morgan fingerprint density at radius 1 is 1.16 bits per heavy atom. The number of benzene rings is 2. The molecule has 2 fully saturated rings. The number of nitrogens with one attached hydrogen (secondary N) is 1. The maximum atomic E-state index is 14.4. The number of nitrogens with zero attached hydrogens (tertiary/aromatic N) is 4. The van der Waals surface area contributed by atoms with E-state index < -0.39 is 28.8 Å². The summed E-state index contributed by atoms with van der Waals surface area (Å²) in [6, 6.07) is 8.93. The van der Waals surface area contributed by atoms with E-state index in [1.165, 1.54) is 12.1 Å². The molecular formula is C28H30F2N6O2. The van der Waals surface area contributed by atoms with E-state index in [1.807, 2.05) is 6.21 Å². The zero-order valence-corrected chi connectivity index (χ0v) is 21.4. The maximum absolute atomic E-state index is 14.4. The zero-order valence-electron chi connectivity index (χ0n) is 21.4. The van der Waals surface area contributed by atoms with Crippen molar-refractivity contribution in [2.24, 2.45) is 10.9 Å². The molecule has 5 rings (SSSR count). The van der Waals surface area contributed by atoms with E-state index >= 15 is 0 Å². The highest BCUT2D eigenvalue weighted by molar-refractivity contribution is 6.08. The Morgan fingerprint density at radius 2 is 1.89 bits per heavy atom. The Bertz CT molecular complexity index is 1460. The van der Waals surface area contributed by atoms with Gasteiger partial charge in [0.25, 0.3) is 11.5 Å². The number of para-hydroxylation sites is 1. The molecule has 1 aromatic heterocycles. The van der Waals surface area contributed by atoms with Crippen molar-refractivity contribution >= 4 is 29.2 Å². The van der Waals surface area contributed by atoms with Crippen molar-refractivity contribution in [1.29, 1.82) is 0 Å². The van der Waals surface area contributed by atoms with Crippen LogP contribution in [0, 0.1) is 17.6 Å². The average Bonchev–Trinajstić information content (AvgIpc) is 3.29. The summed E-state index contributed by atoms with van der Waals surface area (Å²) in [5.41, 5.74) is 7.25. The molecule has 38 heavy (non-hydrogen) atoms. The summed E-state index contributed by atoms with van der Waals surface area (Å²) in [6.07, 6.45) is 5.97. The fraction of sp³-hybridized carbons (Fsp3) is 0.357. The van der Waals surface area contributed by atoms with Crippen LogP contribution in [0.25, 0.3) is 5.69 Å². The number of aliphatic imine (C=N–C) groups is 1. The third-order valence-electron chi connectivity index (χ3n) is 7.36. The van der Waals surface area contributed by atoms with E-state index in [2.05, 4.69) is 29.2 Å². The highest BCUT2D eigenvalue weighted by Crippen LogP contribution is 2.39.